The number of benzene rings is 2. The largest absolute Gasteiger partial charge is 0.494 e. The molecule has 0 bridgehead atoms. The van der Waals surface area contributed by atoms with Crippen molar-refractivity contribution in [3.63, 3.8) is 0 Å². The summed E-state index contributed by atoms with van der Waals surface area (Å²) in [4.78, 5) is 32.1. The number of nitrogens with zero attached hydrogens (tertiary/aromatic N) is 5. The van der Waals surface area contributed by atoms with Crippen LogP contribution in [0.4, 0.5) is 33.1 Å². The monoisotopic (exact) mass is 665 g/mol. The van der Waals surface area contributed by atoms with Crippen LogP contribution in [0.1, 0.15) is 44.7 Å². The van der Waals surface area contributed by atoms with Crippen molar-refractivity contribution in [2.45, 2.75) is 57.4 Å². The van der Waals surface area contributed by atoms with Crippen LogP contribution in [0.25, 0.3) is 0 Å². The second-order valence-electron chi connectivity index (χ2n) is 12.2. The molecule has 0 aliphatic carbocycles. The molecule has 2 N–H and O–H groups in total. The summed E-state index contributed by atoms with van der Waals surface area (Å²) in [5, 5.41) is 8.22. The van der Waals surface area contributed by atoms with Gasteiger partial charge in [-0.1, -0.05) is 24.2 Å². The Morgan fingerprint density at radius 1 is 1.09 bits per heavy atom. The van der Waals surface area contributed by atoms with Crippen LogP contribution < -0.4 is 25.3 Å². The molecule has 1 amide bonds. The number of ether oxygens (including phenoxy) is 2. The normalized spacial score (nSPS) is 22.3. The Balaban J connectivity index is 1.23. The van der Waals surface area contributed by atoms with Crippen LogP contribution >= 0.6 is 11.6 Å². The van der Waals surface area contributed by atoms with Crippen molar-refractivity contribution >= 4 is 46.2 Å². The van der Waals surface area contributed by atoms with Crippen LogP contribution in [0.2, 0.25) is 5.02 Å². The molecular weight excluding hydrogens is 625 g/mol. The number of hydrogen-bond donors (Lipinski definition) is 2. The summed E-state index contributed by atoms with van der Waals surface area (Å²) in [7, 11) is 1.61. The molecule has 3 aliphatic rings. The fraction of sp³-hybridized carbons (Fsp3) is 0.441. The molecule has 2 aromatic carbocycles. The van der Waals surface area contributed by atoms with E-state index in [0.717, 1.165) is 44.7 Å². The second-order valence-corrected chi connectivity index (χ2v) is 12.6. The summed E-state index contributed by atoms with van der Waals surface area (Å²) < 4.78 is 26.6. The third-order valence-corrected chi connectivity index (χ3v) is 9.13. The van der Waals surface area contributed by atoms with Gasteiger partial charge in [-0.2, -0.15) is 0 Å². The number of hydrogen-bond acceptors (Lipinski definition) is 10. The quantitative estimate of drug-likeness (QED) is 0.260. The van der Waals surface area contributed by atoms with Gasteiger partial charge in [0.15, 0.2) is 5.82 Å². The van der Waals surface area contributed by atoms with Crippen molar-refractivity contribution in [1.29, 1.82) is 0 Å². The van der Waals surface area contributed by atoms with Crippen LogP contribution in [0.15, 0.2) is 55.4 Å². The zero-order chi connectivity index (χ0) is 33.1. The smallest absolute Gasteiger partial charge is 0.247 e. The minimum absolute atomic E-state index is 0.226. The van der Waals surface area contributed by atoms with Gasteiger partial charge in [0, 0.05) is 61.4 Å². The molecule has 3 saturated heterocycles. The first-order chi connectivity index (χ1) is 22.7. The van der Waals surface area contributed by atoms with Crippen molar-refractivity contribution in [3.8, 4) is 5.75 Å². The number of halogens is 2. The van der Waals surface area contributed by atoms with Gasteiger partial charge < -0.3 is 25.0 Å². The molecule has 3 atom stereocenters. The summed E-state index contributed by atoms with van der Waals surface area (Å²) in [5.74, 6) is 0.779. The maximum absolute atomic E-state index is 14.8. The van der Waals surface area contributed by atoms with E-state index in [1.54, 1.807) is 30.4 Å². The Hall–Kier alpha value is -3.97. The Morgan fingerprint density at radius 2 is 1.85 bits per heavy atom. The third-order valence-electron chi connectivity index (χ3n) is 8.90. The van der Waals surface area contributed by atoms with Gasteiger partial charge in [-0.3, -0.25) is 14.5 Å². The van der Waals surface area contributed by atoms with Crippen LogP contribution in [0.3, 0.4) is 0 Å². The van der Waals surface area contributed by atoms with Crippen molar-refractivity contribution in [2.75, 3.05) is 60.5 Å². The Labute approximate surface area is 279 Å². The number of carbonyl (C=O) groups is 1. The number of anilines is 5. The van der Waals surface area contributed by atoms with Crippen molar-refractivity contribution in [2.24, 2.45) is 0 Å². The van der Waals surface area contributed by atoms with Gasteiger partial charge in [0.2, 0.25) is 5.91 Å². The highest BCUT2D eigenvalue weighted by molar-refractivity contribution is 6.30. The lowest BCUT2D eigenvalue weighted by Gasteiger charge is -2.44. The lowest BCUT2D eigenvalue weighted by molar-refractivity contribution is -0.111. The molecule has 3 fully saturated rings. The highest BCUT2D eigenvalue weighted by Crippen LogP contribution is 2.41. The molecule has 3 aromatic rings. The minimum Gasteiger partial charge on any atom is -0.494 e. The number of piperidine rings is 1. The van der Waals surface area contributed by atoms with Gasteiger partial charge >= 0.3 is 0 Å². The first-order valence-corrected chi connectivity index (χ1v) is 16.4. The van der Waals surface area contributed by atoms with Crippen LogP contribution in [0, 0.1) is 5.82 Å². The number of methoxy groups -OCH3 is 1. The average molecular weight is 666 g/mol. The molecule has 0 radical (unpaired) electrons. The van der Waals surface area contributed by atoms with E-state index in [9.17, 15) is 9.18 Å². The highest BCUT2D eigenvalue weighted by Gasteiger charge is 2.33. The van der Waals surface area contributed by atoms with Gasteiger partial charge in [0.1, 0.15) is 23.7 Å². The number of hydroxylamine groups is 1. The topological polar surface area (TPSA) is 104 Å². The standard InChI is InChI=1S/C34H41ClFN7O4/c1-5-34(44)40-27-15-28(31(45-4)16-30(27)41-11-8-24(9-12-41)42-18-21(2)47-22(3)19-42)39-32-17-33(38-20-37-32)43-29(10-13-46-43)25-7-6-23(35)14-26(25)36/h5-7,14-17,20-22,24,29H,1,8-13,18-19H2,2-4H3,(H,40,44)(H,37,38,39)/t21-,22+,29?. The first kappa shape index (κ1) is 33.0. The molecule has 47 heavy (non-hydrogen) atoms. The zero-order valence-electron chi connectivity index (χ0n) is 26.9. The molecule has 3 aliphatic heterocycles. The van der Waals surface area contributed by atoms with E-state index in [4.69, 9.17) is 25.9 Å². The number of rotatable bonds is 9. The number of aromatic nitrogens is 2. The van der Waals surface area contributed by atoms with E-state index in [1.807, 2.05) is 12.1 Å². The first-order valence-electron chi connectivity index (χ1n) is 16.0. The van der Waals surface area contributed by atoms with Crippen molar-refractivity contribution in [3.05, 3.63) is 71.8 Å². The molecule has 1 aromatic heterocycles. The van der Waals surface area contributed by atoms with E-state index >= 15 is 0 Å². The molecule has 0 spiro atoms. The number of nitrogens with one attached hydrogen (secondary N) is 2. The van der Waals surface area contributed by atoms with Gasteiger partial charge in [0.25, 0.3) is 0 Å². The van der Waals surface area contributed by atoms with Crippen molar-refractivity contribution in [1.82, 2.24) is 14.9 Å². The van der Waals surface area contributed by atoms with E-state index < -0.39 is 5.82 Å². The predicted octanol–water partition coefficient (Wildman–Crippen LogP) is 6.11. The maximum Gasteiger partial charge on any atom is 0.247 e. The average Bonchev–Trinajstić information content (AvgIpc) is 3.54. The maximum atomic E-state index is 14.8. The second kappa shape index (κ2) is 14.4. The Morgan fingerprint density at radius 3 is 2.55 bits per heavy atom. The van der Waals surface area contributed by atoms with Gasteiger partial charge in [-0.15, -0.1) is 0 Å². The fourth-order valence-electron chi connectivity index (χ4n) is 6.79. The van der Waals surface area contributed by atoms with Crippen LogP contribution in [0.5, 0.6) is 5.75 Å². The van der Waals surface area contributed by atoms with E-state index in [2.05, 4.69) is 50.8 Å². The molecule has 13 heteroatoms. The Kier molecular flexibility index (Phi) is 10.1. The Bertz CT molecular complexity index is 1590. The third kappa shape index (κ3) is 7.46. The molecule has 6 rings (SSSR count). The molecule has 250 valence electrons. The van der Waals surface area contributed by atoms with E-state index in [0.29, 0.717) is 58.4 Å². The summed E-state index contributed by atoms with van der Waals surface area (Å²) in [5.41, 5.74) is 2.55. The molecular formula is C34H41ClFN7O4. The van der Waals surface area contributed by atoms with E-state index in [-0.39, 0.29) is 24.2 Å². The lowest BCUT2D eigenvalue weighted by Crippen LogP contribution is -2.53. The highest BCUT2D eigenvalue weighted by atomic mass is 35.5. The van der Waals surface area contributed by atoms with Gasteiger partial charge in [-0.25, -0.2) is 19.4 Å². The number of morpholine rings is 1. The molecule has 1 unspecified atom stereocenters. The summed E-state index contributed by atoms with van der Waals surface area (Å²) in [6.45, 7) is 11.9. The summed E-state index contributed by atoms with van der Waals surface area (Å²) >= 11 is 5.98. The SMILES string of the molecule is C=CC(=O)Nc1cc(Nc2cc(N3OCCC3c3ccc(Cl)cc3F)ncn2)c(OC)cc1N1CCC(N2C[C@@H](C)O[C@@H](C)C2)CC1. The lowest BCUT2D eigenvalue weighted by atomic mass is 10.00. The van der Waals surface area contributed by atoms with Gasteiger partial charge in [0.05, 0.1) is 49.0 Å². The molecule has 11 nitrogen and oxygen atoms in total. The fourth-order valence-corrected chi connectivity index (χ4v) is 6.95. The summed E-state index contributed by atoms with van der Waals surface area (Å²) in [6, 6.07) is 10.2. The van der Waals surface area contributed by atoms with Crippen molar-refractivity contribution < 1.29 is 23.5 Å². The number of amides is 1. The zero-order valence-corrected chi connectivity index (χ0v) is 27.7. The minimum atomic E-state index is -0.404. The predicted molar refractivity (Wildman–Crippen MR) is 181 cm³/mol. The van der Waals surface area contributed by atoms with Crippen LogP contribution in [-0.4, -0.2) is 78.9 Å². The molecule has 0 saturated carbocycles. The number of carbonyl (C=O) groups excluding carboxylic acids is 1. The summed E-state index contributed by atoms with van der Waals surface area (Å²) in [6.07, 6.45) is 5.69. The van der Waals surface area contributed by atoms with Gasteiger partial charge in [-0.05, 0) is 51.0 Å². The van der Waals surface area contributed by atoms with Crippen LogP contribution in [-0.2, 0) is 14.4 Å². The van der Waals surface area contributed by atoms with E-state index in [1.165, 1.54) is 18.5 Å². The molecule has 4 heterocycles.